The first-order valence-corrected chi connectivity index (χ1v) is 13.2. The largest absolute Gasteiger partial charge is 0.387 e. The highest BCUT2D eigenvalue weighted by molar-refractivity contribution is 7.10. The molecule has 7 nitrogen and oxygen atoms in total. The lowest BCUT2D eigenvalue weighted by Gasteiger charge is -2.31. The fourth-order valence-corrected chi connectivity index (χ4v) is 6.03. The van der Waals surface area contributed by atoms with Gasteiger partial charge in [-0.2, -0.15) is 0 Å². The number of hydrogen-bond donors (Lipinski definition) is 0. The summed E-state index contributed by atoms with van der Waals surface area (Å²) in [6.07, 6.45) is 2.85. The summed E-state index contributed by atoms with van der Waals surface area (Å²) >= 11 is 1.55. The summed E-state index contributed by atoms with van der Waals surface area (Å²) in [7, 11) is 0. The minimum atomic E-state index is -0.799. The van der Waals surface area contributed by atoms with Gasteiger partial charge in [-0.1, -0.05) is 17.3 Å². The highest BCUT2D eigenvalue weighted by Crippen LogP contribution is 2.35. The zero-order valence-corrected chi connectivity index (χ0v) is 21.0. The Labute approximate surface area is 216 Å². The third-order valence-corrected chi connectivity index (χ3v) is 8.09. The zero-order chi connectivity index (χ0) is 25.5. The molecule has 4 heterocycles. The maximum atomic E-state index is 14.1. The van der Waals surface area contributed by atoms with Gasteiger partial charge in [0.15, 0.2) is 6.10 Å². The van der Waals surface area contributed by atoms with Gasteiger partial charge >= 0.3 is 0 Å². The van der Waals surface area contributed by atoms with Crippen molar-refractivity contribution >= 4 is 34.0 Å². The molecule has 1 saturated heterocycles. The molecule has 10 heteroatoms. The van der Waals surface area contributed by atoms with Gasteiger partial charge < -0.3 is 14.3 Å². The number of fused-ring (bicyclic) bond motifs is 1. The number of benzene rings is 2. The van der Waals surface area contributed by atoms with E-state index in [2.05, 4.69) is 10.1 Å². The molecule has 6 rings (SSSR count). The van der Waals surface area contributed by atoms with Gasteiger partial charge in [0.25, 0.3) is 0 Å². The molecule has 0 saturated carbocycles. The first-order chi connectivity index (χ1) is 18.0. The number of amides is 1. The standard InChI is InChI=1S/C27H25F2N5O2S/c1-16-5-6-23-21(11-16)30-15-34(23)13-25(35)33-9-7-17(8-10-33)27-31-22(14-37-27)20-12-24(36-32-20)26-18(28)3-2-4-19(26)29/h2-6,11,14-15,17,24H,7-10,12-13H2,1H3. The van der Waals surface area contributed by atoms with Crippen LogP contribution in [0.4, 0.5) is 8.78 Å². The molecule has 37 heavy (non-hydrogen) atoms. The lowest BCUT2D eigenvalue weighted by Crippen LogP contribution is -2.39. The number of aromatic nitrogens is 3. The average Bonchev–Trinajstić information content (AvgIpc) is 3.64. The van der Waals surface area contributed by atoms with Crippen LogP contribution in [0.15, 0.2) is 53.3 Å². The first-order valence-electron chi connectivity index (χ1n) is 12.3. The Bertz CT molecular complexity index is 1490. The van der Waals surface area contributed by atoms with Gasteiger partial charge in [-0.25, -0.2) is 18.7 Å². The number of carbonyl (C=O) groups excluding carboxylic acids is 1. The van der Waals surface area contributed by atoms with Crippen LogP contribution in [0.5, 0.6) is 0 Å². The first kappa shape index (κ1) is 23.7. The predicted octanol–water partition coefficient (Wildman–Crippen LogP) is 5.35. The van der Waals surface area contributed by atoms with Crippen LogP contribution in [-0.4, -0.2) is 44.1 Å². The number of halogens is 2. The molecule has 0 N–H and O–H groups in total. The molecule has 0 bridgehead atoms. The minimum Gasteiger partial charge on any atom is -0.387 e. The Kier molecular flexibility index (Phi) is 6.19. The van der Waals surface area contributed by atoms with Crippen LogP contribution in [0.2, 0.25) is 0 Å². The minimum absolute atomic E-state index is 0.0852. The Hall–Kier alpha value is -3.66. The number of hydrogen-bond acceptors (Lipinski definition) is 6. The van der Waals surface area contributed by atoms with Crippen molar-refractivity contribution in [2.75, 3.05) is 13.1 Å². The number of nitrogens with zero attached hydrogens (tertiary/aromatic N) is 5. The molecule has 0 spiro atoms. The van der Waals surface area contributed by atoms with Crippen LogP contribution < -0.4 is 0 Å². The molecule has 1 unspecified atom stereocenters. The van der Waals surface area contributed by atoms with E-state index in [4.69, 9.17) is 9.82 Å². The quantitative estimate of drug-likeness (QED) is 0.355. The van der Waals surface area contributed by atoms with Gasteiger partial charge in [0.05, 0.1) is 33.6 Å². The van der Waals surface area contributed by atoms with Crippen LogP contribution in [0.3, 0.4) is 0 Å². The molecule has 190 valence electrons. The van der Waals surface area contributed by atoms with Crippen LogP contribution in [0.25, 0.3) is 11.0 Å². The van der Waals surface area contributed by atoms with Crippen LogP contribution in [-0.2, 0) is 16.2 Å². The van der Waals surface area contributed by atoms with Crippen molar-refractivity contribution in [3.63, 3.8) is 0 Å². The number of thiazole rings is 1. The van der Waals surface area contributed by atoms with Crippen LogP contribution in [0, 0.1) is 18.6 Å². The van der Waals surface area contributed by atoms with E-state index < -0.39 is 17.7 Å². The van der Waals surface area contributed by atoms with E-state index in [0.717, 1.165) is 34.4 Å². The SMILES string of the molecule is Cc1ccc2c(c1)ncn2CC(=O)N1CCC(c2nc(C3=NOC(c4c(F)cccc4F)C3)cs2)CC1. The highest BCUT2D eigenvalue weighted by Gasteiger charge is 2.31. The number of piperidine rings is 1. The van der Waals surface area contributed by atoms with Gasteiger partial charge in [0.2, 0.25) is 5.91 Å². The maximum Gasteiger partial charge on any atom is 0.242 e. The molecule has 1 atom stereocenters. The predicted molar refractivity (Wildman–Crippen MR) is 136 cm³/mol. The second kappa shape index (κ2) is 9.66. The van der Waals surface area contributed by atoms with E-state index in [-0.39, 0.29) is 30.4 Å². The lowest BCUT2D eigenvalue weighted by molar-refractivity contribution is -0.132. The van der Waals surface area contributed by atoms with E-state index in [9.17, 15) is 13.6 Å². The van der Waals surface area contributed by atoms with Gasteiger partial charge in [-0.3, -0.25) is 4.79 Å². The number of imidazole rings is 1. The Morgan fingerprint density at radius 3 is 2.73 bits per heavy atom. The molecular weight excluding hydrogens is 496 g/mol. The molecule has 0 aliphatic carbocycles. The number of rotatable bonds is 5. The third-order valence-electron chi connectivity index (χ3n) is 7.09. The van der Waals surface area contributed by atoms with E-state index >= 15 is 0 Å². The maximum absolute atomic E-state index is 14.1. The lowest BCUT2D eigenvalue weighted by atomic mass is 9.97. The monoisotopic (exact) mass is 521 g/mol. The fraction of sp³-hybridized carbons (Fsp3) is 0.333. The number of carbonyl (C=O) groups is 1. The van der Waals surface area contributed by atoms with Crippen molar-refractivity contribution in [2.45, 2.75) is 44.8 Å². The Morgan fingerprint density at radius 2 is 1.95 bits per heavy atom. The second-order valence-electron chi connectivity index (χ2n) is 9.56. The summed E-state index contributed by atoms with van der Waals surface area (Å²) in [5.41, 5.74) is 4.16. The highest BCUT2D eigenvalue weighted by atomic mass is 32.1. The normalized spacial score (nSPS) is 18.3. The number of likely N-dealkylation sites (tertiary alicyclic amines) is 1. The van der Waals surface area contributed by atoms with E-state index in [1.54, 1.807) is 17.7 Å². The van der Waals surface area contributed by atoms with Crippen LogP contribution >= 0.6 is 11.3 Å². The van der Waals surface area contributed by atoms with Gasteiger partial charge in [-0.15, -0.1) is 11.3 Å². The average molecular weight is 522 g/mol. The number of aryl methyl sites for hydroxylation is 1. The molecule has 4 aromatic rings. The van der Waals surface area contributed by atoms with E-state index in [1.165, 1.54) is 18.2 Å². The van der Waals surface area contributed by atoms with Crippen molar-refractivity contribution < 1.29 is 18.4 Å². The van der Waals surface area contributed by atoms with Gasteiger partial charge in [0, 0.05) is 30.8 Å². The summed E-state index contributed by atoms with van der Waals surface area (Å²) in [6, 6.07) is 9.82. The molecule has 1 amide bonds. The summed E-state index contributed by atoms with van der Waals surface area (Å²) in [4.78, 5) is 29.4. The van der Waals surface area contributed by atoms with Crippen molar-refractivity contribution in [1.82, 2.24) is 19.4 Å². The smallest absolute Gasteiger partial charge is 0.242 e. The van der Waals surface area contributed by atoms with Crippen molar-refractivity contribution in [2.24, 2.45) is 5.16 Å². The van der Waals surface area contributed by atoms with E-state index in [0.29, 0.717) is 24.5 Å². The molecular formula is C27H25F2N5O2S. The van der Waals surface area contributed by atoms with E-state index in [1.807, 2.05) is 40.0 Å². The summed E-state index contributed by atoms with van der Waals surface area (Å²) < 4.78 is 30.2. The Morgan fingerprint density at radius 1 is 1.16 bits per heavy atom. The zero-order valence-electron chi connectivity index (χ0n) is 20.2. The van der Waals surface area contributed by atoms with Crippen molar-refractivity contribution in [1.29, 1.82) is 0 Å². The summed E-state index contributed by atoms with van der Waals surface area (Å²) in [6.45, 7) is 3.64. The fourth-order valence-electron chi connectivity index (χ4n) is 5.03. The number of oxime groups is 1. The summed E-state index contributed by atoms with van der Waals surface area (Å²) in [5.74, 6) is -0.944. The molecule has 2 aromatic carbocycles. The molecule has 2 aliphatic heterocycles. The molecule has 2 aliphatic rings. The van der Waals surface area contributed by atoms with Gasteiger partial charge in [-0.05, 0) is 49.6 Å². The van der Waals surface area contributed by atoms with Crippen molar-refractivity contribution in [3.05, 3.63) is 81.6 Å². The molecule has 1 fully saturated rings. The Balaban J connectivity index is 1.06. The van der Waals surface area contributed by atoms with Gasteiger partial charge in [0.1, 0.15) is 23.9 Å². The molecule has 2 aromatic heterocycles. The summed E-state index contributed by atoms with van der Waals surface area (Å²) in [5, 5.41) is 6.97. The molecule has 0 radical (unpaired) electrons. The topological polar surface area (TPSA) is 72.6 Å². The third kappa shape index (κ3) is 4.61. The second-order valence-corrected chi connectivity index (χ2v) is 10.5. The van der Waals surface area contributed by atoms with Crippen LogP contribution in [0.1, 0.15) is 53.1 Å². The van der Waals surface area contributed by atoms with Crippen molar-refractivity contribution in [3.8, 4) is 0 Å².